The molecule has 0 unspecified atom stereocenters. The van der Waals surface area contributed by atoms with Gasteiger partial charge in [0.05, 0.1) is 24.2 Å². The van der Waals surface area contributed by atoms with Crippen LogP contribution in [0.25, 0.3) is 10.9 Å². The monoisotopic (exact) mass is 346 g/mol. The lowest BCUT2D eigenvalue weighted by Crippen LogP contribution is -2.06. The van der Waals surface area contributed by atoms with Gasteiger partial charge in [0.1, 0.15) is 0 Å². The first-order chi connectivity index (χ1) is 12.6. The molecule has 2 aromatic carbocycles. The molecule has 4 rings (SSSR count). The maximum absolute atomic E-state index is 11.6. The van der Waals surface area contributed by atoms with Crippen LogP contribution in [0.4, 0.5) is 17.1 Å². The second-order valence-electron chi connectivity index (χ2n) is 6.30. The van der Waals surface area contributed by atoms with Crippen molar-refractivity contribution in [1.82, 2.24) is 4.98 Å². The summed E-state index contributed by atoms with van der Waals surface area (Å²) < 4.78 is 0. The number of carbonyl (C=O) groups is 2. The van der Waals surface area contributed by atoms with Gasteiger partial charge in [-0.15, -0.1) is 0 Å². The molecule has 0 aliphatic carbocycles. The molecule has 1 aromatic heterocycles. The zero-order valence-electron chi connectivity index (χ0n) is 14.3. The molecule has 1 aliphatic rings. The zero-order valence-corrected chi connectivity index (χ0v) is 14.3. The number of anilines is 3. The van der Waals surface area contributed by atoms with Crippen LogP contribution in [0.3, 0.4) is 0 Å². The van der Waals surface area contributed by atoms with E-state index in [4.69, 9.17) is 4.98 Å². The van der Waals surface area contributed by atoms with Crippen molar-refractivity contribution >= 4 is 39.8 Å². The number of aromatic nitrogens is 1. The zero-order chi connectivity index (χ0) is 18.1. The molecule has 0 saturated carbocycles. The van der Waals surface area contributed by atoms with E-state index in [0.717, 1.165) is 39.2 Å². The summed E-state index contributed by atoms with van der Waals surface area (Å²) in [7, 11) is 0. The molecule has 130 valence electrons. The molecule has 0 saturated heterocycles. The third-order valence-electron chi connectivity index (χ3n) is 4.33. The fourth-order valence-electron chi connectivity index (χ4n) is 3.14. The highest BCUT2D eigenvalue weighted by atomic mass is 16.2. The predicted molar refractivity (Wildman–Crippen MR) is 102 cm³/mol. The number of carbonyl (C=O) groups excluding carboxylic acids is 2. The number of benzene rings is 2. The number of fused-ring (bicyclic) bond motifs is 3. The van der Waals surface area contributed by atoms with E-state index in [0.29, 0.717) is 13.0 Å². The van der Waals surface area contributed by atoms with E-state index >= 15 is 0 Å². The lowest BCUT2D eigenvalue weighted by molar-refractivity contribution is -0.115. The highest BCUT2D eigenvalue weighted by Crippen LogP contribution is 2.30. The Morgan fingerprint density at radius 1 is 1.08 bits per heavy atom. The first-order valence-corrected chi connectivity index (χ1v) is 8.41. The average Bonchev–Trinajstić information content (AvgIpc) is 3.01. The Morgan fingerprint density at radius 2 is 1.85 bits per heavy atom. The van der Waals surface area contributed by atoms with Crippen LogP contribution in [0, 0.1) is 0 Å². The van der Waals surface area contributed by atoms with Gasteiger partial charge in [0.15, 0.2) is 0 Å². The Balaban J connectivity index is 1.49. The minimum atomic E-state index is -0.0885. The van der Waals surface area contributed by atoms with Crippen LogP contribution in [-0.2, 0) is 22.6 Å². The molecule has 0 spiro atoms. The Hall–Kier alpha value is -3.41. The van der Waals surface area contributed by atoms with Crippen molar-refractivity contribution in [2.24, 2.45) is 0 Å². The molecule has 6 heteroatoms. The normalized spacial score (nSPS) is 12.6. The maximum Gasteiger partial charge on any atom is 0.228 e. The fraction of sp³-hybridized carbons (Fsp3) is 0.150. The molecule has 0 radical (unpaired) electrons. The average molecular weight is 346 g/mol. The van der Waals surface area contributed by atoms with Crippen LogP contribution in [0.15, 0.2) is 48.5 Å². The number of pyridine rings is 1. The second kappa shape index (κ2) is 6.48. The Bertz CT molecular complexity index is 1010. The predicted octanol–water partition coefficient (Wildman–Crippen LogP) is 3.30. The number of hydrogen-bond donors (Lipinski definition) is 3. The largest absolute Gasteiger partial charge is 0.379 e. The number of amides is 2. The number of hydrogen-bond acceptors (Lipinski definition) is 4. The first kappa shape index (κ1) is 16.1. The molecule has 1 aliphatic heterocycles. The summed E-state index contributed by atoms with van der Waals surface area (Å²) in [6, 6.07) is 15.4. The van der Waals surface area contributed by atoms with Gasteiger partial charge in [-0.3, -0.25) is 14.6 Å². The number of rotatable bonds is 4. The highest BCUT2D eigenvalue weighted by molar-refractivity contribution is 6.05. The summed E-state index contributed by atoms with van der Waals surface area (Å²) in [5.41, 5.74) is 5.43. The molecule has 2 amide bonds. The van der Waals surface area contributed by atoms with Crippen molar-refractivity contribution in [3.05, 3.63) is 59.8 Å². The Morgan fingerprint density at radius 3 is 2.62 bits per heavy atom. The lowest BCUT2D eigenvalue weighted by Gasteiger charge is -2.09. The summed E-state index contributed by atoms with van der Waals surface area (Å²) in [4.78, 5) is 27.3. The Labute approximate surface area is 150 Å². The van der Waals surface area contributed by atoms with Crippen molar-refractivity contribution in [3.8, 4) is 0 Å². The standard InChI is InChI=1S/C20H18N4O2/c1-12(25)22-14-4-2-13(3-5-14)21-11-15-6-7-16-17-10-20(26)24-19(17)9-8-18(16)23-15/h2-9,21H,10-11H2,1H3,(H,22,25)(H,24,26). The molecule has 2 heterocycles. The molecule has 0 atom stereocenters. The van der Waals surface area contributed by atoms with Gasteiger partial charge in [-0.25, -0.2) is 0 Å². The van der Waals surface area contributed by atoms with E-state index in [1.807, 2.05) is 48.5 Å². The molecular weight excluding hydrogens is 328 g/mol. The van der Waals surface area contributed by atoms with Crippen molar-refractivity contribution < 1.29 is 9.59 Å². The summed E-state index contributed by atoms with van der Waals surface area (Å²) in [6.07, 6.45) is 0.409. The highest BCUT2D eigenvalue weighted by Gasteiger charge is 2.20. The van der Waals surface area contributed by atoms with Crippen molar-refractivity contribution in [2.45, 2.75) is 19.9 Å². The molecule has 0 fully saturated rings. The second-order valence-corrected chi connectivity index (χ2v) is 6.30. The fourth-order valence-corrected chi connectivity index (χ4v) is 3.14. The third-order valence-corrected chi connectivity index (χ3v) is 4.33. The van der Waals surface area contributed by atoms with Gasteiger partial charge in [0.25, 0.3) is 0 Å². The third kappa shape index (κ3) is 3.21. The molecule has 3 N–H and O–H groups in total. The first-order valence-electron chi connectivity index (χ1n) is 8.41. The van der Waals surface area contributed by atoms with E-state index in [1.165, 1.54) is 6.92 Å². The van der Waals surface area contributed by atoms with Gasteiger partial charge in [0, 0.05) is 29.4 Å². The molecular formula is C20H18N4O2. The maximum atomic E-state index is 11.6. The van der Waals surface area contributed by atoms with Gasteiger partial charge in [0.2, 0.25) is 11.8 Å². The lowest BCUT2D eigenvalue weighted by atomic mass is 10.1. The van der Waals surface area contributed by atoms with E-state index in [1.54, 1.807) is 0 Å². The van der Waals surface area contributed by atoms with E-state index in [-0.39, 0.29) is 11.8 Å². The van der Waals surface area contributed by atoms with Crippen LogP contribution in [0.5, 0.6) is 0 Å². The SMILES string of the molecule is CC(=O)Nc1ccc(NCc2ccc3c4c(ccc3n2)NC(=O)C4)cc1. The quantitative estimate of drug-likeness (QED) is 0.677. The molecule has 6 nitrogen and oxygen atoms in total. The number of nitrogens with one attached hydrogen (secondary N) is 3. The van der Waals surface area contributed by atoms with Crippen LogP contribution in [-0.4, -0.2) is 16.8 Å². The Kier molecular flexibility index (Phi) is 4.01. The van der Waals surface area contributed by atoms with Crippen molar-refractivity contribution in [3.63, 3.8) is 0 Å². The van der Waals surface area contributed by atoms with E-state index < -0.39 is 0 Å². The summed E-state index contributed by atoms with van der Waals surface area (Å²) in [5, 5.41) is 9.94. The van der Waals surface area contributed by atoms with Gasteiger partial charge < -0.3 is 16.0 Å². The van der Waals surface area contributed by atoms with Crippen LogP contribution in [0.2, 0.25) is 0 Å². The molecule has 3 aromatic rings. The van der Waals surface area contributed by atoms with E-state index in [2.05, 4.69) is 16.0 Å². The molecule has 26 heavy (non-hydrogen) atoms. The van der Waals surface area contributed by atoms with Crippen LogP contribution < -0.4 is 16.0 Å². The van der Waals surface area contributed by atoms with Gasteiger partial charge >= 0.3 is 0 Å². The molecule has 0 bridgehead atoms. The summed E-state index contributed by atoms with van der Waals surface area (Å²) in [5.74, 6) is -0.0598. The smallest absolute Gasteiger partial charge is 0.228 e. The van der Waals surface area contributed by atoms with Gasteiger partial charge in [-0.1, -0.05) is 6.07 Å². The van der Waals surface area contributed by atoms with Crippen LogP contribution in [0.1, 0.15) is 18.2 Å². The minimum absolute atomic E-state index is 0.0287. The topological polar surface area (TPSA) is 83.1 Å². The van der Waals surface area contributed by atoms with Crippen LogP contribution >= 0.6 is 0 Å². The van der Waals surface area contributed by atoms with Gasteiger partial charge in [-0.05, 0) is 48.0 Å². The van der Waals surface area contributed by atoms with Crippen molar-refractivity contribution in [2.75, 3.05) is 16.0 Å². The number of nitrogens with zero attached hydrogens (tertiary/aromatic N) is 1. The van der Waals surface area contributed by atoms with Crippen molar-refractivity contribution in [1.29, 1.82) is 0 Å². The van der Waals surface area contributed by atoms with E-state index in [9.17, 15) is 9.59 Å². The summed E-state index contributed by atoms with van der Waals surface area (Å²) >= 11 is 0. The van der Waals surface area contributed by atoms with Gasteiger partial charge in [-0.2, -0.15) is 0 Å². The summed E-state index contributed by atoms with van der Waals surface area (Å²) in [6.45, 7) is 2.07. The minimum Gasteiger partial charge on any atom is -0.379 e.